The molecule has 110 valence electrons. The maximum Gasteiger partial charge on any atom is 0.157 e. The summed E-state index contributed by atoms with van der Waals surface area (Å²) in [5.41, 5.74) is 1.82. The number of nitrogens with one attached hydrogen (secondary N) is 1. The lowest BCUT2D eigenvalue weighted by Gasteiger charge is -2.21. The number of halogens is 1. The molecule has 2 aromatic rings. The Hall–Kier alpha value is -1.91. The van der Waals surface area contributed by atoms with E-state index in [9.17, 15) is 15.3 Å². The van der Waals surface area contributed by atoms with Gasteiger partial charge in [0, 0.05) is 24.9 Å². The Morgan fingerprint density at radius 2 is 1.67 bits per heavy atom. The van der Waals surface area contributed by atoms with E-state index < -0.39 is 0 Å². The molecule has 1 aliphatic rings. The van der Waals surface area contributed by atoms with Crippen molar-refractivity contribution in [3.8, 4) is 17.2 Å². The zero-order chi connectivity index (χ0) is 15.0. The minimum atomic E-state index is -0.128. The van der Waals surface area contributed by atoms with Crippen molar-refractivity contribution in [2.75, 3.05) is 13.1 Å². The number of phenolic OH excluding ortho intramolecular Hbond substituents is 3. The fraction of sp³-hybridized carbons (Fsp3) is 0.250. The summed E-state index contributed by atoms with van der Waals surface area (Å²) in [6.07, 6.45) is 0. The highest BCUT2D eigenvalue weighted by atomic mass is 35.5. The van der Waals surface area contributed by atoms with Crippen LogP contribution >= 0.6 is 11.6 Å². The van der Waals surface area contributed by atoms with E-state index in [2.05, 4.69) is 5.32 Å². The Labute approximate surface area is 127 Å². The average molecular weight is 306 g/mol. The summed E-state index contributed by atoms with van der Waals surface area (Å²) in [7, 11) is 0. The molecule has 3 rings (SSSR count). The molecule has 2 aromatic carbocycles. The van der Waals surface area contributed by atoms with Crippen LogP contribution in [0.15, 0.2) is 36.4 Å². The second-order valence-electron chi connectivity index (χ2n) is 5.30. The van der Waals surface area contributed by atoms with Crippen LogP contribution < -0.4 is 5.32 Å². The lowest BCUT2D eigenvalue weighted by molar-refractivity contribution is 0.402. The summed E-state index contributed by atoms with van der Waals surface area (Å²) < 4.78 is 0. The molecular weight excluding hydrogens is 290 g/mol. The molecule has 0 spiro atoms. The van der Waals surface area contributed by atoms with Gasteiger partial charge in [-0.2, -0.15) is 0 Å². The van der Waals surface area contributed by atoms with Crippen molar-refractivity contribution in [2.45, 2.75) is 11.8 Å². The molecule has 1 fully saturated rings. The molecule has 5 heteroatoms. The first-order valence-corrected chi connectivity index (χ1v) is 7.15. The van der Waals surface area contributed by atoms with Crippen molar-refractivity contribution >= 4 is 11.6 Å². The SMILES string of the molecule is Oc1ccc([C@@H]2CNC[C@H]2c2cccc(O)c2Cl)cc1O. The minimum Gasteiger partial charge on any atom is -0.506 e. The topological polar surface area (TPSA) is 72.7 Å². The Balaban J connectivity index is 1.99. The monoisotopic (exact) mass is 305 g/mol. The van der Waals surface area contributed by atoms with Crippen molar-refractivity contribution in [1.82, 2.24) is 5.32 Å². The van der Waals surface area contributed by atoms with E-state index in [0.717, 1.165) is 24.2 Å². The van der Waals surface area contributed by atoms with Crippen LogP contribution in [0.2, 0.25) is 5.02 Å². The number of benzene rings is 2. The van der Waals surface area contributed by atoms with Gasteiger partial charge in [-0.1, -0.05) is 29.8 Å². The molecule has 0 bridgehead atoms. The van der Waals surface area contributed by atoms with Gasteiger partial charge in [0.2, 0.25) is 0 Å². The fourth-order valence-electron chi connectivity index (χ4n) is 2.95. The summed E-state index contributed by atoms with van der Waals surface area (Å²) in [6.45, 7) is 1.50. The van der Waals surface area contributed by atoms with Crippen molar-refractivity contribution in [3.05, 3.63) is 52.5 Å². The molecule has 0 aliphatic carbocycles. The normalized spacial score (nSPS) is 21.6. The van der Waals surface area contributed by atoms with Gasteiger partial charge in [-0.25, -0.2) is 0 Å². The van der Waals surface area contributed by atoms with Crippen LogP contribution in [-0.4, -0.2) is 28.4 Å². The third-order valence-corrected chi connectivity index (χ3v) is 4.46. The molecule has 0 saturated carbocycles. The Morgan fingerprint density at radius 1 is 0.905 bits per heavy atom. The zero-order valence-corrected chi connectivity index (χ0v) is 12.0. The highest BCUT2D eigenvalue weighted by Crippen LogP contribution is 2.42. The summed E-state index contributed by atoms with van der Waals surface area (Å²) in [4.78, 5) is 0. The molecule has 1 aliphatic heterocycles. The van der Waals surface area contributed by atoms with Crippen LogP contribution in [0.5, 0.6) is 17.2 Å². The number of phenols is 3. The van der Waals surface area contributed by atoms with Gasteiger partial charge in [0.15, 0.2) is 11.5 Å². The standard InChI is InChI=1S/C16H16ClNO3/c17-16-10(2-1-3-14(16)20)12-8-18-7-11(12)9-4-5-13(19)15(21)6-9/h1-6,11-12,18-21H,7-8H2/t11-,12-/m0/s1. The first-order valence-electron chi connectivity index (χ1n) is 6.78. The highest BCUT2D eigenvalue weighted by Gasteiger charge is 2.32. The molecular formula is C16H16ClNO3. The molecule has 0 aromatic heterocycles. The van der Waals surface area contributed by atoms with E-state index in [-0.39, 0.29) is 29.1 Å². The van der Waals surface area contributed by atoms with Crippen LogP contribution in [0.3, 0.4) is 0 Å². The maximum atomic E-state index is 9.77. The number of hydrogen-bond acceptors (Lipinski definition) is 4. The molecule has 1 saturated heterocycles. The van der Waals surface area contributed by atoms with Gasteiger partial charge in [0.25, 0.3) is 0 Å². The first kappa shape index (κ1) is 14.0. The van der Waals surface area contributed by atoms with Crippen molar-refractivity contribution in [2.24, 2.45) is 0 Å². The van der Waals surface area contributed by atoms with Crippen LogP contribution in [0.1, 0.15) is 23.0 Å². The van der Waals surface area contributed by atoms with E-state index in [1.807, 2.05) is 6.07 Å². The zero-order valence-electron chi connectivity index (χ0n) is 11.3. The second kappa shape index (κ2) is 5.47. The van der Waals surface area contributed by atoms with Gasteiger partial charge in [-0.05, 0) is 29.3 Å². The number of rotatable bonds is 2. The summed E-state index contributed by atoms with van der Waals surface area (Å²) in [6, 6.07) is 10.1. The number of aromatic hydroxyl groups is 3. The lowest BCUT2D eigenvalue weighted by atomic mass is 9.84. The fourth-order valence-corrected chi connectivity index (χ4v) is 3.22. The van der Waals surface area contributed by atoms with Crippen molar-refractivity contribution in [1.29, 1.82) is 0 Å². The van der Waals surface area contributed by atoms with Crippen LogP contribution in [0.4, 0.5) is 0 Å². The summed E-state index contributed by atoms with van der Waals surface area (Å²) in [5.74, 6) is 0.0505. The maximum absolute atomic E-state index is 9.77. The predicted octanol–water partition coefficient (Wildman–Crippen LogP) is 2.93. The molecule has 4 nitrogen and oxygen atoms in total. The molecule has 2 atom stereocenters. The predicted molar refractivity (Wildman–Crippen MR) is 81.2 cm³/mol. The van der Waals surface area contributed by atoms with Gasteiger partial charge in [-0.3, -0.25) is 0 Å². The molecule has 4 N–H and O–H groups in total. The van der Waals surface area contributed by atoms with E-state index in [4.69, 9.17) is 11.6 Å². The Kier molecular flexibility index (Phi) is 3.66. The molecule has 1 heterocycles. The average Bonchev–Trinajstić information content (AvgIpc) is 2.94. The molecule has 0 unspecified atom stereocenters. The minimum absolute atomic E-state index is 0.0772. The molecule has 0 amide bonds. The summed E-state index contributed by atoms with van der Waals surface area (Å²) in [5, 5.41) is 32.6. The van der Waals surface area contributed by atoms with Gasteiger partial charge in [-0.15, -0.1) is 0 Å². The quantitative estimate of drug-likeness (QED) is 0.644. The largest absolute Gasteiger partial charge is 0.506 e. The lowest BCUT2D eigenvalue weighted by Crippen LogP contribution is -2.09. The summed E-state index contributed by atoms with van der Waals surface area (Å²) >= 11 is 6.22. The van der Waals surface area contributed by atoms with Crippen LogP contribution in [0.25, 0.3) is 0 Å². The van der Waals surface area contributed by atoms with E-state index in [1.165, 1.54) is 6.07 Å². The smallest absolute Gasteiger partial charge is 0.157 e. The molecule has 21 heavy (non-hydrogen) atoms. The van der Waals surface area contributed by atoms with Gasteiger partial charge >= 0.3 is 0 Å². The van der Waals surface area contributed by atoms with E-state index in [0.29, 0.717) is 5.02 Å². The van der Waals surface area contributed by atoms with Gasteiger partial charge < -0.3 is 20.6 Å². The van der Waals surface area contributed by atoms with Gasteiger partial charge in [0.1, 0.15) is 5.75 Å². The van der Waals surface area contributed by atoms with E-state index in [1.54, 1.807) is 24.3 Å². The van der Waals surface area contributed by atoms with E-state index >= 15 is 0 Å². The number of hydrogen-bond donors (Lipinski definition) is 4. The third-order valence-electron chi connectivity index (χ3n) is 4.05. The first-order chi connectivity index (χ1) is 10.1. The third kappa shape index (κ3) is 2.52. The van der Waals surface area contributed by atoms with Crippen LogP contribution in [-0.2, 0) is 0 Å². The van der Waals surface area contributed by atoms with Crippen molar-refractivity contribution < 1.29 is 15.3 Å². The Morgan fingerprint density at radius 3 is 2.43 bits per heavy atom. The second-order valence-corrected chi connectivity index (χ2v) is 5.68. The van der Waals surface area contributed by atoms with Crippen LogP contribution in [0, 0.1) is 0 Å². The highest BCUT2D eigenvalue weighted by molar-refractivity contribution is 6.32. The van der Waals surface area contributed by atoms with Gasteiger partial charge in [0.05, 0.1) is 5.02 Å². The Bertz CT molecular complexity index is 675. The van der Waals surface area contributed by atoms with Crippen molar-refractivity contribution in [3.63, 3.8) is 0 Å². The molecule has 0 radical (unpaired) electrons.